The Labute approximate surface area is 200 Å². The summed E-state index contributed by atoms with van der Waals surface area (Å²) < 4.78 is 5.59. The maximum atomic E-state index is 12.8. The zero-order chi connectivity index (χ0) is 24.7. The number of carbonyl (C=O) groups excluding carboxylic acids is 3. The number of anilines is 1. The molecule has 178 valence electrons. The van der Waals surface area contributed by atoms with Crippen LogP contribution in [0.2, 0.25) is 0 Å². The van der Waals surface area contributed by atoms with Crippen LogP contribution >= 0.6 is 0 Å². The molecule has 4 atom stereocenters. The van der Waals surface area contributed by atoms with Crippen LogP contribution in [0.1, 0.15) is 17.5 Å². The lowest BCUT2D eigenvalue weighted by atomic mass is 9.85. The molecule has 2 bridgehead atoms. The van der Waals surface area contributed by atoms with Crippen molar-refractivity contribution in [3.05, 3.63) is 75.9 Å². The summed E-state index contributed by atoms with van der Waals surface area (Å²) >= 11 is 0. The highest BCUT2D eigenvalue weighted by Crippen LogP contribution is 2.52. The van der Waals surface area contributed by atoms with E-state index in [-0.39, 0.29) is 47.3 Å². The fraction of sp³-hybridized carbons (Fsp3) is 0.280. The van der Waals surface area contributed by atoms with Crippen molar-refractivity contribution in [1.29, 1.82) is 0 Å². The number of hydrogen-bond donors (Lipinski definition) is 1. The Morgan fingerprint density at radius 3 is 2.43 bits per heavy atom. The lowest BCUT2D eigenvalue weighted by Crippen LogP contribution is -2.28. The number of aryl methyl sites for hydroxylation is 1. The van der Waals surface area contributed by atoms with E-state index in [0.717, 1.165) is 17.0 Å². The minimum atomic E-state index is -0.578. The molecule has 2 aromatic rings. The zero-order valence-electron chi connectivity index (χ0n) is 18.8. The van der Waals surface area contributed by atoms with Gasteiger partial charge in [-0.25, -0.2) is 0 Å². The van der Waals surface area contributed by atoms with Gasteiger partial charge in [0.2, 0.25) is 0 Å². The first kappa shape index (κ1) is 22.5. The van der Waals surface area contributed by atoms with Crippen LogP contribution in [0.5, 0.6) is 5.75 Å². The molecule has 2 aromatic carbocycles. The smallest absolute Gasteiger partial charge is 0.270 e. The number of carbonyl (C=O) groups is 3. The van der Waals surface area contributed by atoms with Crippen molar-refractivity contribution >= 4 is 35.3 Å². The number of fused-ring (bicyclic) bond motifs is 5. The quantitative estimate of drug-likeness (QED) is 0.216. The van der Waals surface area contributed by atoms with Crippen LogP contribution in [0.4, 0.5) is 11.4 Å². The summed E-state index contributed by atoms with van der Waals surface area (Å²) in [7, 11) is 0. The van der Waals surface area contributed by atoms with E-state index in [9.17, 15) is 24.5 Å². The molecule has 1 saturated heterocycles. The molecule has 10 heteroatoms. The van der Waals surface area contributed by atoms with Crippen LogP contribution in [0, 0.1) is 40.7 Å². The predicted octanol–water partition coefficient (Wildman–Crippen LogP) is 3.06. The molecular weight excluding hydrogens is 452 g/mol. The Morgan fingerprint density at radius 1 is 1.14 bits per heavy atom. The van der Waals surface area contributed by atoms with Crippen LogP contribution in [-0.2, 0) is 14.4 Å². The third kappa shape index (κ3) is 4.18. The van der Waals surface area contributed by atoms with E-state index in [4.69, 9.17) is 4.74 Å². The Hall–Kier alpha value is -4.34. The number of nitrogens with one attached hydrogen (secondary N) is 1. The SMILES string of the molecule is Cc1ccc(NC(=O)COc2ccc([N+](=O)[O-])cc2C=NN2C(=O)[C@@H]3[C@H](C2=O)[C@H]2C=C[C@H]3C2)cc1. The van der Waals surface area contributed by atoms with Gasteiger partial charge in [-0.2, -0.15) is 10.1 Å². The maximum absolute atomic E-state index is 12.8. The molecule has 1 aliphatic heterocycles. The molecule has 2 aliphatic carbocycles. The number of nitro groups is 1. The van der Waals surface area contributed by atoms with Gasteiger partial charge in [0.15, 0.2) is 6.61 Å². The van der Waals surface area contributed by atoms with Gasteiger partial charge in [-0.15, -0.1) is 0 Å². The number of hydrazone groups is 1. The predicted molar refractivity (Wildman–Crippen MR) is 126 cm³/mol. The second-order valence-electron chi connectivity index (χ2n) is 8.91. The van der Waals surface area contributed by atoms with Gasteiger partial charge < -0.3 is 10.1 Å². The number of benzene rings is 2. The summed E-state index contributed by atoms with van der Waals surface area (Å²) in [5.74, 6) is -1.70. The number of hydrogen-bond acceptors (Lipinski definition) is 7. The molecule has 1 saturated carbocycles. The molecule has 3 aliphatic rings. The number of nitro benzene ring substituents is 1. The molecule has 0 unspecified atom stereocenters. The van der Waals surface area contributed by atoms with E-state index in [1.807, 2.05) is 31.2 Å². The number of amides is 3. The van der Waals surface area contributed by atoms with Crippen LogP contribution in [0.3, 0.4) is 0 Å². The Bertz CT molecular complexity index is 1260. The molecular formula is C25H22N4O6. The molecule has 10 nitrogen and oxygen atoms in total. The average Bonchev–Trinajstić information content (AvgIpc) is 3.52. The summed E-state index contributed by atoms with van der Waals surface area (Å²) in [6, 6.07) is 11.1. The van der Waals surface area contributed by atoms with Crippen molar-refractivity contribution in [2.45, 2.75) is 13.3 Å². The second-order valence-corrected chi connectivity index (χ2v) is 8.91. The van der Waals surface area contributed by atoms with Crippen LogP contribution in [0.15, 0.2) is 59.7 Å². The van der Waals surface area contributed by atoms with E-state index in [1.165, 1.54) is 24.4 Å². The van der Waals surface area contributed by atoms with Gasteiger partial charge in [0.1, 0.15) is 5.75 Å². The number of non-ortho nitro benzene ring substituents is 1. The zero-order valence-corrected chi connectivity index (χ0v) is 18.8. The topological polar surface area (TPSA) is 131 Å². The van der Waals surface area contributed by atoms with Crippen molar-refractivity contribution in [3.63, 3.8) is 0 Å². The molecule has 0 aromatic heterocycles. The number of rotatable bonds is 7. The van der Waals surface area contributed by atoms with E-state index < -0.39 is 22.7 Å². The monoisotopic (exact) mass is 474 g/mol. The van der Waals surface area contributed by atoms with Gasteiger partial charge in [-0.3, -0.25) is 24.5 Å². The molecule has 2 fully saturated rings. The summed E-state index contributed by atoms with van der Waals surface area (Å²) in [5.41, 5.74) is 1.61. The molecule has 3 amide bonds. The Kier molecular flexibility index (Phi) is 5.64. The van der Waals surface area contributed by atoms with Crippen molar-refractivity contribution in [2.24, 2.45) is 28.8 Å². The lowest BCUT2D eigenvalue weighted by Gasteiger charge is -2.13. The molecule has 5 rings (SSSR count). The van der Waals surface area contributed by atoms with Gasteiger partial charge in [-0.1, -0.05) is 29.8 Å². The van der Waals surface area contributed by atoms with Crippen molar-refractivity contribution in [1.82, 2.24) is 5.01 Å². The van der Waals surface area contributed by atoms with Gasteiger partial charge >= 0.3 is 0 Å². The third-order valence-corrected chi connectivity index (χ3v) is 6.66. The molecule has 1 heterocycles. The highest BCUT2D eigenvalue weighted by atomic mass is 16.6. The van der Waals surface area contributed by atoms with E-state index >= 15 is 0 Å². The minimum absolute atomic E-state index is 0.0467. The van der Waals surface area contributed by atoms with Crippen molar-refractivity contribution < 1.29 is 24.0 Å². The van der Waals surface area contributed by atoms with Crippen LogP contribution < -0.4 is 10.1 Å². The van der Waals surface area contributed by atoms with Gasteiger partial charge in [0.05, 0.1) is 23.0 Å². The fourth-order valence-electron chi connectivity index (χ4n) is 4.98. The highest BCUT2D eigenvalue weighted by Gasteiger charge is 2.59. The van der Waals surface area contributed by atoms with Gasteiger partial charge in [-0.05, 0) is 43.4 Å². The molecule has 35 heavy (non-hydrogen) atoms. The summed E-state index contributed by atoms with van der Waals surface area (Å²) in [4.78, 5) is 48.7. The Balaban J connectivity index is 1.32. The number of ether oxygens (including phenoxy) is 1. The second kappa shape index (κ2) is 8.79. The number of nitrogens with zero attached hydrogens (tertiary/aromatic N) is 3. The Morgan fingerprint density at radius 2 is 1.80 bits per heavy atom. The lowest BCUT2D eigenvalue weighted by molar-refractivity contribution is -0.384. The summed E-state index contributed by atoms with van der Waals surface area (Å²) in [6.45, 7) is 1.58. The molecule has 1 N–H and O–H groups in total. The summed E-state index contributed by atoms with van der Waals surface area (Å²) in [6.07, 6.45) is 5.96. The van der Waals surface area contributed by atoms with E-state index in [1.54, 1.807) is 12.1 Å². The third-order valence-electron chi connectivity index (χ3n) is 6.66. The highest BCUT2D eigenvalue weighted by molar-refractivity contribution is 6.07. The van der Waals surface area contributed by atoms with Crippen LogP contribution in [-0.4, -0.2) is 40.5 Å². The minimum Gasteiger partial charge on any atom is -0.483 e. The average molecular weight is 474 g/mol. The first-order valence-corrected chi connectivity index (χ1v) is 11.2. The standard InChI is InChI=1S/C25H22N4O6/c1-14-2-6-18(7-3-14)27-21(30)13-35-20-9-8-19(29(33)34)11-17(20)12-26-28-24(31)22-15-4-5-16(10-15)23(22)25(28)32/h2-9,11-12,15-16,22-23H,10,13H2,1H3,(H,27,30)/t15-,16-,22-,23+/m0/s1. The van der Waals surface area contributed by atoms with E-state index in [0.29, 0.717) is 5.69 Å². The number of imide groups is 1. The van der Waals surface area contributed by atoms with Crippen molar-refractivity contribution in [3.8, 4) is 5.75 Å². The fourth-order valence-corrected chi connectivity index (χ4v) is 4.98. The first-order chi connectivity index (χ1) is 16.8. The van der Waals surface area contributed by atoms with Gasteiger partial charge in [0.25, 0.3) is 23.4 Å². The molecule has 0 radical (unpaired) electrons. The summed E-state index contributed by atoms with van der Waals surface area (Å²) in [5, 5.41) is 18.9. The van der Waals surface area contributed by atoms with E-state index in [2.05, 4.69) is 10.4 Å². The van der Waals surface area contributed by atoms with Crippen LogP contribution in [0.25, 0.3) is 0 Å². The van der Waals surface area contributed by atoms with Gasteiger partial charge in [0, 0.05) is 23.4 Å². The van der Waals surface area contributed by atoms with Crippen molar-refractivity contribution in [2.75, 3.05) is 11.9 Å². The molecule has 0 spiro atoms. The number of allylic oxidation sites excluding steroid dienone is 2. The first-order valence-electron chi connectivity index (χ1n) is 11.2. The maximum Gasteiger partial charge on any atom is 0.270 e. The normalized spacial score (nSPS) is 24.3. The largest absolute Gasteiger partial charge is 0.483 e.